The number of nitrogen functional groups attached to an aromatic ring is 1. The van der Waals surface area contributed by atoms with Gasteiger partial charge in [0.2, 0.25) is 0 Å². The minimum Gasteiger partial charge on any atom is -0.399 e. The van der Waals surface area contributed by atoms with Gasteiger partial charge in [-0.3, -0.25) is 0 Å². The molecule has 0 spiro atoms. The van der Waals surface area contributed by atoms with Gasteiger partial charge in [0, 0.05) is 11.9 Å². The summed E-state index contributed by atoms with van der Waals surface area (Å²) in [4.78, 5) is 0. The van der Waals surface area contributed by atoms with E-state index in [1.54, 1.807) is 16.8 Å². The number of hydrogen-bond acceptors (Lipinski definition) is 3. The van der Waals surface area contributed by atoms with Gasteiger partial charge < -0.3 is 5.73 Å². The zero-order chi connectivity index (χ0) is 7.84. The van der Waals surface area contributed by atoms with E-state index >= 15 is 0 Å². The third kappa shape index (κ3) is 0.832. The van der Waals surface area contributed by atoms with Crippen LogP contribution in [0.5, 0.6) is 0 Å². The van der Waals surface area contributed by atoms with Crippen molar-refractivity contribution in [1.29, 1.82) is 0 Å². The highest BCUT2D eigenvalue weighted by molar-refractivity contribution is 5.58. The fourth-order valence-electron chi connectivity index (χ4n) is 1.02. The van der Waals surface area contributed by atoms with Crippen molar-refractivity contribution in [1.82, 2.24) is 14.8 Å². The molecule has 0 aliphatic heterocycles. The molecule has 0 fully saturated rings. The van der Waals surface area contributed by atoms with Crippen molar-refractivity contribution in [3.05, 3.63) is 24.0 Å². The molecule has 0 saturated carbocycles. The lowest BCUT2D eigenvalue weighted by Crippen LogP contribution is -1.89. The van der Waals surface area contributed by atoms with Gasteiger partial charge in [-0.2, -0.15) is 0 Å². The van der Waals surface area contributed by atoms with Crippen LogP contribution in [0.1, 0.15) is 5.69 Å². The lowest BCUT2D eigenvalue weighted by Gasteiger charge is -1.93. The van der Waals surface area contributed by atoms with Crippen molar-refractivity contribution in [2.45, 2.75) is 6.92 Å². The van der Waals surface area contributed by atoms with E-state index < -0.39 is 0 Å². The standard InChI is InChI=1S/C7H8N4/c1-5-7-4-6(8)2-3-11(7)10-9-5/h2-4H,8H2,1H3. The first kappa shape index (κ1) is 6.15. The van der Waals surface area contributed by atoms with Crippen molar-refractivity contribution in [2.75, 3.05) is 5.73 Å². The van der Waals surface area contributed by atoms with Gasteiger partial charge in [-0.05, 0) is 19.1 Å². The van der Waals surface area contributed by atoms with Gasteiger partial charge in [0.1, 0.15) is 0 Å². The summed E-state index contributed by atoms with van der Waals surface area (Å²) in [6.07, 6.45) is 1.80. The van der Waals surface area contributed by atoms with E-state index in [-0.39, 0.29) is 0 Å². The smallest absolute Gasteiger partial charge is 0.0914 e. The Morgan fingerprint density at radius 1 is 1.55 bits per heavy atom. The van der Waals surface area contributed by atoms with Crippen LogP contribution in [0.15, 0.2) is 18.3 Å². The molecule has 2 aromatic rings. The normalized spacial score (nSPS) is 10.6. The number of nitrogens with two attached hydrogens (primary N) is 1. The predicted octanol–water partition coefficient (Wildman–Crippen LogP) is 0.620. The van der Waals surface area contributed by atoms with Crippen molar-refractivity contribution in [3.8, 4) is 0 Å². The molecule has 0 bridgehead atoms. The lowest BCUT2D eigenvalue weighted by atomic mass is 10.3. The molecule has 11 heavy (non-hydrogen) atoms. The monoisotopic (exact) mass is 148 g/mol. The minimum atomic E-state index is 0.739. The molecule has 0 saturated heterocycles. The number of pyridine rings is 1. The molecule has 2 rings (SSSR count). The molecular weight excluding hydrogens is 140 g/mol. The Bertz CT molecular complexity index is 390. The van der Waals surface area contributed by atoms with Crippen molar-refractivity contribution in [3.63, 3.8) is 0 Å². The molecule has 2 heterocycles. The average molecular weight is 148 g/mol. The quantitative estimate of drug-likeness (QED) is 0.595. The van der Waals surface area contributed by atoms with E-state index in [2.05, 4.69) is 10.3 Å². The van der Waals surface area contributed by atoms with Gasteiger partial charge in [0.25, 0.3) is 0 Å². The van der Waals surface area contributed by atoms with Gasteiger partial charge in [0.05, 0.1) is 11.2 Å². The van der Waals surface area contributed by atoms with E-state index in [1.165, 1.54) is 0 Å². The Morgan fingerprint density at radius 3 is 3.18 bits per heavy atom. The first-order chi connectivity index (χ1) is 5.27. The van der Waals surface area contributed by atoms with Gasteiger partial charge in [-0.1, -0.05) is 5.21 Å². The highest BCUT2D eigenvalue weighted by Crippen LogP contribution is 2.09. The molecular formula is C7H8N4. The maximum Gasteiger partial charge on any atom is 0.0914 e. The topological polar surface area (TPSA) is 56.2 Å². The summed E-state index contributed by atoms with van der Waals surface area (Å²) >= 11 is 0. The van der Waals surface area contributed by atoms with Crippen LogP contribution in [-0.4, -0.2) is 14.8 Å². The zero-order valence-electron chi connectivity index (χ0n) is 6.15. The number of fused-ring (bicyclic) bond motifs is 1. The molecule has 0 atom stereocenters. The number of aryl methyl sites for hydroxylation is 1. The van der Waals surface area contributed by atoms with E-state index in [0.29, 0.717) is 0 Å². The van der Waals surface area contributed by atoms with E-state index in [4.69, 9.17) is 5.73 Å². The van der Waals surface area contributed by atoms with Crippen LogP contribution in [-0.2, 0) is 0 Å². The van der Waals surface area contributed by atoms with Crippen LogP contribution in [0.2, 0.25) is 0 Å². The summed E-state index contributed by atoms with van der Waals surface area (Å²) < 4.78 is 1.70. The van der Waals surface area contributed by atoms with E-state index in [0.717, 1.165) is 16.9 Å². The number of anilines is 1. The maximum atomic E-state index is 5.58. The Balaban J connectivity index is 2.87. The number of aromatic nitrogens is 3. The first-order valence-electron chi connectivity index (χ1n) is 3.34. The number of rotatable bonds is 0. The Labute approximate surface area is 63.6 Å². The van der Waals surface area contributed by atoms with Crippen molar-refractivity contribution >= 4 is 11.2 Å². The predicted molar refractivity (Wildman–Crippen MR) is 42.1 cm³/mol. The highest BCUT2D eigenvalue weighted by Gasteiger charge is 1.99. The molecule has 0 aliphatic carbocycles. The molecule has 0 unspecified atom stereocenters. The van der Waals surface area contributed by atoms with Gasteiger partial charge in [-0.15, -0.1) is 5.10 Å². The summed E-state index contributed by atoms with van der Waals surface area (Å²) in [7, 11) is 0. The van der Waals surface area contributed by atoms with Crippen molar-refractivity contribution < 1.29 is 0 Å². The van der Waals surface area contributed by atoms with E-state index in [9.17, 15) is 0 Å². The second kappa shape index (κ2) is 1.95. The molecule has 0 radical (unpaired) electrons. The lowest BCUT2D eigenvalue weighted by molar-refractivity contribution is 0.849. The maximum absolute atomic E-state index is 5.58. The molecule has 4 nitrogen and oxygen atoms in total. The van der Waals surface area contributed by atoms with Crippen LogP contribution in [0.25, 0.3) is 5.52 Å². The molecule has 0 amide bonds. The Morgan fingerprint density at radius 2 is 2.36 bits per heavy atom. The Kier molecular flexibility index (Phi) is 1.09. The van der Waals surface area contributed by atoms with E-state index in [1.807, 2.05) is 13.0 Å². The second-order valence-electron chi connectivity index (χ2n) is 2.46. The minimum absolute atomic E-state index is 0.739. The molecule has 2 N–H and O–H groups in total. The summed E-state index contributed by atoms with van der Waals surface area (Å²) in [6.45, 7) is 1.90. The number of nitrogens with zero attached hydrogens (tertiary/aromatic N) is 3. The van der Waals surface area contributed by atoms with Crippen LogP contribution < -0.4 is 5.73 Å². The van der Waals surface area contributed by atoms with Crippen molar-refractivity contribution in [2.24, 2.45) is 0 Å². The summed E-state index contributed by atoms with van der Waals surface area (Å²) in [5.41, 5.74) is 8.19. The summed E-state index contributed by atoms with van der Waals surface area (Å²) in [5.74, 6) is 0. The molecule has 2 aromatic heterocycles. The fraction of sp³-hybridized carbons (Fsp3) is 0.143. The number of hydrogen-bond donors (Lipinski definition) is 1. The summed E-state index contributed by atoms with van der Waals surface area (Å²) in [6, 6.07) is 3.65. The SMILES string of the molecule is Cc1nnn2ccc(N)cc12. The third-order valence-corrected chi connectivity index (χ3v) is 1.62. The largest absolute Gasteiger partial charge is 0.399 e. The van der Waals surface area contributed by atoms with Crippen LogP contribution in [0, 0.1) is 6.92 Å². The average Bonchev–Trinajstić information content (AvgIpc) is 2.33. The molecule has 0 aromatic carbocycles. The fourth-order valence-corrected chi connectivity index (χ4v) is 1.02. The van der Waals surface area contributed by atoms with Gasteiger partial charge in [-0.25, -0.2) is 4.52 Å². The van der Waals surface area contributed by atoms with Gasteiger partial charge in [0.15, 0.2) is 0 Å². The summed E-state index contributed by atoms with van der Waals surface area (Å²) in [5, 5.41) is 7.76. The zero-order valence-corrected chi connectivity index (χ0v) is 6.15. The Hall–Kier alpha value is -1.58. The second-order valence-corrected chi connectivity index (χ2v) is 2.46. The first-order valence-corrected chi connectivity index (χ1v) is 3.34. The highest BCUT2D eigenvalue weighted by atomic mass is 15.4. The molecule has 4 heteroatoms. The van der Waals surface area contributed by atoms with Gasteiger partial charge >= 0.3 is 0 Å². The molecule has 56 valence electrons. The van der Waals surface area contributed by atoms with Crippen LogP contribution >= 0.6 is 0 Å². The molecule has 0 aliphatic rings. The third-order valence-electron chi connectivity index (χ3n) is 1.62. The van der Waals surface area contributed by atoms with Crippen LogP contribution in [0.3, 0.4) is 0 Å². The van der Waals surface area contributed by atoms with Crippen LogP contribution in [0.4, 0.5) is 5.69 Å².